The van der Waals surface area contributed by atoms with E-state index in [9.17, 15) is 0 Å². The van der Waals surface area contributed by atoms with E-state index in [0.717, 1.165) is 152 Å². The second kappa shape index (κ2) is 19.8. The number of para-hydroxylation sites is 16. The molecule has 12 aromatic carbocycles. The van der Waals surface area contributed by atoms with E-state index >= 15 is 0 Å². The first-order chi connectivity index (χ1) is 42.9. The fourth-order valence-electron chi connectivity index (χ4n) is 13.5. The summed E-state index contributed by atoms with van der Waals surface area (Å²) in [5, 5.41) is 0. The van der Waals surface area contributed by atoms with E-state index in [1.54, 1.807) is 0 Å². The van der Waals surface area contributed by atoms with E-state index in [1.807, 2.05) is 48.5 Å². The molecular weight excluding hydrogens is 1070 g/mol. The Labute approximate surface area is 503 Å². The fraction of sp³-hybridized carbons (Fsp3) is 0.0390. The van der Waals surface area contributed by atoms with E-state index in [1.165, 1.54) is 0 Å². The van der Waals surface area contributed by atoms with Gasteiger partial charge >= 0.3 is 0 Å². The number of benzene rings is 12. The number of aromatic nitrogens is 2. The van der Waals surface area contributed by atoms with Crippen LogP contribution in [0.1, 0.15) is 0 Å². The molecule has 0 spiro atoms. The van der Waals surface area contributed by atoms with Gasteiger partial charge in [0.25, 0.3) is 0 Å². The highest BCUT2D eigenvalue weighted by molar-refractivity contribution is 6.22. The van der Waals surface area contributed by atoms with Crippen molar-refractivity contribution in [2.75, 3.05) is 50.5 Å². The monoisotopic (exact) mass is 1120 g/mol. The second-order valence-electron chi connectivity index (χ2n) is 22.3. The molecule has 10 nitrogen and oxygen atoms in total. The van der Waals surface area contributed by atoms with Crippen molar-refractivity contribution in [2.24, 2.45) is 0 Å². The van der Waals surface area contributed by atoms with Gasteiger partial charge in [0.1, 0.15) is 11.0 Å². The average molecular weight is 1120 g/mol. The zero-order valence-corrected chi connectivity index (χ0v) is 47.9. The topological polar surface area (TPSA) is 71.5 Å². The SMILES string of the molecule is CN1c2ccccc2N(c2c(-c3cccc(-c4nc5ccccc5o4)c3)c(-c3cccc(-c4nc5ccccc5o4)c3)c(N3c4ccccc4N(C)c4ccccc43)c(N3c4ccccc4N(C)c4ccccc43)c2-c2ccccc2)c2ccccc21. The van der Waals surface area contributed by atoms with Gasteiger partial charge in [-0.3, -0.25) is 0 Å². The summed E-state index contributed by atoms with van der Waals surface area (Å²) in [5.41, 5.74) is 25.9. The number of nitrogens with zero attached hydrogens (tertiary/aromatic N) is 8. The number of fused-ring (bicyclic) bond motifs is 8. The molecule has 414 valence electrons. The van der Waals surface area contributed by atoms with Gasteiger partial charge in [0.05, 0.1) is 85.3 Å². The van der Waals surface area contributed by atoms with Crippen molar-refractivity contribution < 1.29 is 8.83 Å². The summed E-state index contributed by atoms with van der Waals surface area (Å²) in [4.78, 5) is 24.9. The van der Waals surface area contributed by atoms with Crippen molar-refractivity contribution in [3.05, 3.63) is 273 Å². The van der Waals surface area contributed by atoms with E-state index in [2.05, 4.69) is 275 Å². The minimum Gasteiger partial charge on any atom is -0.436 e. The fourth-order valence-corrected chi connectivity index (χ4v) is 13.5. The molecule has 3 aliphatic heterocycles. The number of rotatable bonds is 8. The number of anilines is 15. The van der Waals surface area contributed by atoms with Gasteiger partial charge in [-0.25, -0.2) is 9.97 Å². The Hall–Kier alpha value is -11.6. The lowest BCUT2D eigenvalue weighted by Gasteiger charge is -2.46. The minimum atomic E-state index is 0.527. The van der Waals surface area contributed by atoms with Gasteiger partial charge in [-0.2, -0.15) is 0 Å². The Bertz CT molecular complexity index is 4860. The highest BCUT2D eigenvalue weighted by atomic mass is 16.4. The summed E-state index contributed by atoms with van der Waals surface area (Å²) in [6.07, 6.45) is 0. The summed E-state index contributed by atoms with van der Waals surface area (Å²) < 4.78 is 13.4. The number of hydrogen-bond donors (Lipinski definition) is 0. The van der Waals surface area contributed by atoms with E-state index < -0.39 is 0 Å². The number of hydrogen-bond acceptors (Lipinski definition) is 10. The smallest absolute Gasteiger partial charge is 0.227 e. The lowest BCUT2D eigenvalue weighted by atomic mass is 9.82. The van der Waals surface area contributed by atoms with Gasteiger partial charge in [0.2, 0.25) is 11.8 Å². The van der Waals surface area contributed by atoms with Crippen LogP contribution in [-0.4, -0.2) is 31.1 Å². The van der Waals surface area contributed by atoms with Crippen molar-refractivity contribution in [1.82, 2.24) is 9.97 Å². The molecular formula is C77H54N8O2. The molecule has 0 unspecified atom stereocenters. The summed E-state index contributed by atoms with van der Waals surface area (Å²) >= 11 is 0. The van der Waals surface area contributed by atoms with Crippen LogP contribution in [0, 0.1) is 0 Å². The molecule has 14 aromatic rings. The van der Waals surface area contributed by atoms with Gasteiger partial charge in [-0.1, -0.05) is 152 Å². The first-order valence-electron chi connectivity index (χ1n) is 29.3. The highest BCUT2D eigenvalue weighted by Crippen LogP contribution is 2.68. The van der Waals surface area contributed by atoms with Crippen LogP contribution < -0.4 is 29.4 Å². The maximum atomic E-state index is 6.72. The molecule has 0 aliphatic carbocycles. The lowest BCUT2D eigenvalue weighted by Crippen LogP contribution is -2.30. The quantitative estimate of drug-likeness (QED) is 0.147. The molecule has 5 heterocycles. The van der Waals surface area contributed by atoms with Crippen LogP contribution in [0.2, 0.25) is 0 Å². The Balaban J connectivity index is 1.15. The molecule has 0 atom stereocenters. The summed E-state index contributed by atoms with van der Waals surface area (Å²) in [7, 11) is 6.54. The van der Waals surface area contributed by atoms with Gasteiger partial charge < -0.3 is 38.2 Å². The van der Waals surface area contributed by atoms with Crippen molar-refractivity contribution in [1.29, 1.82) is 0 Å². The van der Waals surface area contributed by atoms with Crippen molar-refractivity contribution in [3.8, 4) is 56.3 Å². The van der Waals surface area contributed by atoms with Gasteiger partial charge in [-0.15, -0.1) is 0 Å². The van der Waals surface area contributed by atoms with Crippen LogP contribution in [0.4, 0.5) is 85.3 Å². The van der Waals surface area contributed by atoms with E-state index in [-0.39, 0.29) is 0 Å². The Kier molecular flexibility index (Phi) is 11.3. The van der Waals surface area contributed by atoms with E-state index in [0.29, 0.717) is 11.8 Å². The molecule has 0 fully saturated rings. The maximum absolute atomic E-state index is 6.72. The molecule has 2 aromatic heterocycles. The van der Waals surface area contributed by atoms with Gasteiger partial charge in [0, 0.05) is 49.0 Å². The third kappa shape index (κ3) is 7.74. The highest BCUT2D eigenvalue weighted by Gasteiger charge is 2.43. The van der Waals surface area contributed by atoms with Crippen molar-refractivity contribution >= 4 is 108 Å². The molecule has 0 bridgehead atoms. The summed E-state index contributed by atoms with van der Waals surface area (Å²) in [6, 6.07) is 97.5. The molecule has 0 saturated heterocycles. The van der Waals surface area contributed by atoms with Gasteiger partial charge in [0.15, 0.2) is 11.2 Å². The average Bonchev–Trinajstić information content (AvgIpc) is 0.871. The zero-order chi connectivity index (χ0) is 57.9. The van der Waals surface area contributed by atoms with Crippen molar-refractivity contribution in [3.63, 3.8) is 0 Å². The Morgan fingerprint density at radius 3 is 0.885 bits per heavy atom. The lowest BCUT2D eigenvalue weighted by molar-refractivity contribution is 0.619. The standard InChI is InChI=1S/C77H54N8O2/c1-80-56-33-9-15-39-62(56)83(63-40-16-10-34-57(63)80)73-70(50-27-23-29-52(47-50)76-78-54-31-7-21-45-68(54)86-76)71(51-28-24-30-53(48-51)77-79-55-32-8-22-46-69(55)87-77)74(84-64-41-17-11-35-58(64)81(2)59-36-12-18-42-65(59)84)75(72(73)49-25-5-4-6-26-49)85-66-43-19-13-37-60(66)82(3)61-38-14-20-44-67(61)85/h4-48H,1-3H3. The van der Waals surface area contributed by atoms with Crippen LogP contribution in [-0.2, 0) is 0 Å². The van der Waals surface area contributed by atoms with Crippen LogP contribution in [0.5, 0.6) is 0 Å². The first kappa shape index (κ1) is 49.9. The normalized spacial score (nSPS) is 13.1. The van der Waals surface area contributed by atoms with Crippen LogP contribution in [0.3, 0.4) is 0 Å². The van der Waals surface area contributed by atoms with Crippen LogP contribution >= 0.6 is 0 Å². The van der Waals surface area contributed by atoms with Crippen LogP contribution in [0.15, 0.2) is 282 Å². The maximum Gasteiger partial charge on any atom is 0.227 e. The second-order valence-corrected chi connectivity index (χ2v) is 22.3. The molecule has 0 N–H and O–H groups in total. The predicted molar refractivity (Wildman–Crippen MR) is 357 cm³/mol. The molecule has 0 radical (unpaired) electrons. The molecule has 0 saturated carbocycles. The molecule has 17 rings (SSSR count). The Morgan fingerprint density at radius 1 is 0.241 bits per heavy atom. The summed E-state index contributed by atoms with van der Waals surface area (Å²) in [6.45, 7) is 0. The van der Waals surface area contributed by atoms with Gasteiger partial charge in [-0.05, 0) is 138 Å². The third-order valence-electron chi connectivity index (χ3n) is 17.4. The number of oxazole rings is 2. The van der Waals surface area contributed by atoms with E-state index in [4.69, 9.17) is 18.8 Å². The largest absolute Gasteiger partial charge is 0.436 e. The zero-order valence-electron chi connectivity index (χ0n) is 47.9. The summed E-state index contributed by atoms with van der Waals surface area (Å²) in [5.74, 6) is 1.06. The predicted octanol–water partition coefficient (Wildman–Crippen LogP) is 21.0. The van der Waals surface area contributed by atoms with Crippen LogP contribution in [0.25, 0.3) is 78.5 Å². The molecule has 87 heavy (non-hydrogen) atoms. The minimum absolute atomic E-state index is 0.527. The molecule has 0 amide bonds. The third-order valence-corrected chi connectivity index (χ3v) is 17.4. The molecule has 3 aliphatic rings. The molecule has 10 heteroatoms. The Morgan fingerprint density at radius 2 is 0.517 bits per heavy atom. The van der Waals surface area contributed by atoms with Crippen molar-refractivity contribution in [2.45, 2.75) is 0 Å². The first-order valence-corrected chi connectivity index (χ1v) is 29.3.